The van der Waals surface area contributed by atoms with Crippen molar-refractivity contribution in [3.05, 3.63) is 59.7 Å². The summed E-state index contributed by atoms with van der Waals surface area (Å²) in [5.74, 6) is -0.779. The van der Waals surface area contributed by atoms with Gasteiger partial charge in [0, 0.05) is 5.33 Å². The number of hydrogen-bond acceptors (Lipinski definition) is 3. The van der Waals surface area contributed by atoms with E-state index in [4.69, 9.17) is 4.74 Å². The van der Waals surface area contributed by atoms with E-state index in [-0.39, 0.29) is 18.1 Å². The Morgan fingerprint density at radius 3 is 1.37 bits per heavy atom. The fourth-order valence-corrected chi connectivity index (χ4v) is 2.42. The third-order valence-corrected chi connectivity index (χ3v) is 3.52. The minimum Gasteiger partial charge on any atom is -0.406 e. The van der Waals surface area contributed by atoms with E-state index >= 15 is 0 Å². The number of alkyl halides is 7. The van der Waals surface area contributed by atoms with Crippen LogP contribution in [-0.2, 0) is 4.74 Å². The maximum atomic E-state index is 12.2. The van der Waals surface area contributed by atoms with Crippen LogP contribution in [0.1, 0.15) is 17.2 Å². The van der Waals surface area contributed by atoms with E-state index in [9.17, 15) is 26.3 Å². The molecule has 0 unspecified atom stereocenters. The molecule has 0 aliphatic heterocycles. The van der Waals surface area contributed by atoms with Crippen LogP contribution < -0.4 is 9.47 Å². The van der Waals surface area contributed by atoms with Gasteiger partial charge >= 0.3 is 12.7 Å². The van der Waals surface area contributed by atoms with E-state index in [1.54, 1.807) is 0 Å². The van der Waals surface area contributed by atoms with Gasteiger partial charge in [-0.05, 0) is 35.4 Å². The summed E-state index contributed by atoms with van der Waals surface area (Å²) in [6.07, 6.45) is -10.3. The Kier molecular flexibility index (Phi) is 6.99. The zero-order valence-electron chi connectivity index (χ0n) is 13.5. The van der Waals surface area contributed by atoms with Crippen LogP contribution in [0.2, 0.25) is 0 Å². The molecule has 0 atom stereocenters. The van der Waals surface area contributed by atoms with Gasteiger partial charge in [-0.3, -0.25) is 0 Å². The quantitative estimate of drug-likeness (QED) is 0.377. The van der Waals surface area contributed by atoms with Gasteiger partial charge in [0.05, 0.1) is 6.61 Å². The maximum absolute atomic E-state index is 12.2. The largest absolute Gasteiger partial charge is 0.573 e. The average molecular weight is 459 g/mol. The van der Waals surface area contributed by atoms with Gasteiger partial charge in [-0.1, -0.05) is 40.2 Å². The molecule has 0 amide bonds. The highest BCUT2D eigenvalue weighted by Crippen LogP contribution is 2.31. The van der Waals surface area contributed by atoms with Gasteiger partial charge in [-0.2, -0.15) is 0 Å². The number of benzene rings is 2. The molecular weight excluding hydrogens is 446 g/mol. The minimum absolute atomic E-state index is 0.270. The van der Waals surface area contributed by atoms with Crippen LogP contribution in [0.15, 0.2) is 48.5 Å². The molecule has 3 nitrogen and oxygen atoms in total. The molecule has 0 aromatic heterocycles. The number of ether oxygens (including phenoxy) is 3. The summed E-state index contributed by atoms with van der Waals surface area (Å²) in [5.41, 5.74) is 1.02. The first kappa shape index (κ1) is 21.4. The summed E-state index contributed by atoms with van der Waals surface area (Å²) in [7, 11) is 0. The number of hydrogen-bond donors (Lipinski definition) is 0. The molecule has 2 rings (SSSR count). The van der Waals surface area contributed by atoms with Gasteiger partial charge in [0.25, 0.3) is 0 Å². The van der Waals surface area contributed by atoms with Crippen LogP contribution in [0, 0.1) is 0 Å². The molecule has 0 spiro atoms. The molecule has 2 aromatic carbocycles. The van der Waals surface area contributed by atoms with Crippen molar-refractivity contribution in [3.8, 4) is 11.5 Å². The van der Waals surface area contributed by atoms with Crippen LogP contribution in [-0.4, -0.2) is 24.7 Å². The smallest absolute Gasteiger partial charge is 0.406 e. The Labute approximate surface area is 159 Å². The normalized spacial score (nSPS) is 12.3. The summed E-state index contributed by atoms with van der Waals surface area (Å²) in [5, 5.41) is 0.494. The first-order chi connectivity index (χ1) is 12.6. The van der Waals surface area contributed by atoms with Gasteiger partial charge < -0.3 is 14.2 Å². The second-order valence-corrected chi connectivity index (χ2v) is 5.97. The molecular formula is C17H13BrF6O3. The monoisotopic (exact) mass is 458 g/mol. The van der Waals surface area contributed by atoms with Gasteiger partial charge in [0.1, 0.15) is 17.6 Å². The van der Waals surface area contributed by atoms with E-state index in [0.717, 1.165) is 24.3 Å². The molecule has 0 aliphatic carbocycles. The molecule has 0 radical (unpaired) electrons. The van der Waals surface area contributed by atoms with Gasteiger partial charge in [0.2, 0.25) is 0 Å². The van der Waals surface area contributed by atoms with Crippen molar-refractivity contribution in [2.75, 3.05) is 11.9 Å². The SMILES string of the molecule is FC(F)(F)Oc1ccc(C(OCCBr)c2ccc(OC(F)(F)F)cc2)cc1. The second kappa shape index (κ2) is 8.83. The first-order valence-electron chi connectivity index (χ1n) is 7.46. The van der Waals surface area contributed by atoms with E-state index in [1.165, 1.54) is 24.3 Å². The number of rotatable bonds is 7. The molecule has 27 heavy (non-hydrogen) atoms. The molecule has 148 valence electrons. The molecule has 0 bridgehead atoms. The van der Waals surface area contributed by atoms with Gasteiger partial charge in [-0.25, -0.2) is 0 Å². The lowest BCUT2D eigenvalue weighted by atomic mass is 10.0. The van der Waals surface area contributed by atoms with Crippen LogP contribution in [0.3, 0.4) is 0 Å². The minimum atomic E-state index is -4.80. The standard InChI is InChI=1S/C17H13BrF6O3/c18-9-10-25-15(11-1-5-13(6-2-11)26-16(19,20)21)12-3-7-14(8-4-12)27-17(22,23)24/h1-8,15H,9-10H2. The summed E-state index contributed by atoms with van der Waals surface area (Å²) in [6, 6.07) is 10.1. The zero-order chi connectivity index (χ0) is 20.1. The predicted molar refractivity (Wildman–Crippen MR) is 87.8 cm³/mol. The molecule has 10 heteroatoms. The summed E-state index contributed by atoms with van der Waals surface area (Å²) in [6.45, 7) is 0.270. The van der Waals surface area contributed by atoms with Gasteiger partial charge in [0.15, 0.2) is 0 Å². The summed E-state index contributed by atoms with van der Waals surface area (Å²) < 4.78 is 86.8. The van der Waals surface area contributed by atoms with Gasteiger partial charge in [-0.15, -0.1) is 26.3 Å². The number of halogens is 7. The summed E-state index contributed by atoms with van der Waals surface area (Å²) in [4.78, 5) is 0. The van der Waals surface area contributed by atoms with Crippen LogP contribution in [0.5, 0.6) is 11.5 Å². The third-order valence-electron chi connectivity index (χ3n) is 3.19. The highest BCUT2D eigenvalue weighted by molar-refractivity contribution is 9.09. The third kappa shape index (κ3) is 7.30. The van der Waals surface area contributed by atoms with Crippen molar-refractivity contribution in [2.45, 2.75) is 18.8 Å². The molecule has 0 aliphatic rings. The lowest BCUT2D eigenvalue weighted by Crippen LogP contribution is -2.17. The zero-order valence-corrected chi connectivity index (χ0v) is 15.1. The van der Waals surface area contributed by atoms with Crippen LogP contribution in [0.4, 0.5) is 26.3 Å². The van der Waals surface area contributed by atoms with E-state index in [1.807, 2.05) is 0 Å². The summed E-state index contributed by atoms with van der Waals surface area (Å²) >= 11 is 3.20. The first-order valence-corrected chi connectivity index (χ1v) is 8.58. The fraction of sp³-hybridized carbons (Fsp3) is 0.294. The van der Waals surface area contributed by atoms with Crippen molar-refractivity contribution < 1.29 is 40.6 Å². The molecule has 0 fully saturated rings. The Morgan fingerprint density at radius 2 is 1.07 bits per heavy atom. The van der Waals surface area contributed by atoms with Crippen LogP contribution in [0.25, 0.3) is 0 Å². The molecule has 0 heterocycles. The lowest BCUT2D eigenvalue weighted by Gasteiger charge is -2.19. The van der Waals surface area contributed by atoms with Crippen molar-refractivity contribution in [2.24, 2.45) is 0 Å². The van der Waals surface area contributed by atoms with Crippen molar-refractivity contribution >= 4 is 15.9 Å². The Balaban J connectivity index is 2.22. The van der Waals surface area contributed by atoms with Crippen molar-refractivity contribution in [1.29, 1.82) is 0 Å². The Morgan fingerprint density at radius 1 is 0.704 bits per heavy atom. The molecule has 0 saturated carbocycles. The molecule has 0 saturated heterocycles. The second-order valence-electron chi connectivity index (χ2n) is 5.17. The predicted octanol–water partition coefficient (Wildman–Crippen LogP) is 5.98. The average Bonchev–Trinajstić information content (AvgIpc) is 2.55. The highest BCUT2D eigenvalue weighted by atomic mass is 79.9. The van der Waals surface area contributed by atoms with E-state index < -0.39 is 18.8 Å². The van der Waals surface area contributed by atoms with E-state index in [0.29, 0.717) is 16.5 Å². The molecule has 2 aromatic rings. The maximum Gasteiger partial charge on any atom is 0.573 e. The fourth-order valence-electron chi connectivity index (χ4n) is 2.24. The van der Waals surface area contributed by atoms with Crippen molar-refractivity contribution in [3.63, 3.8) is 0 Å². The Hall–Kier alpha value is -1.94. The van der Waals surface area contributed by atoms with Crippen molar-refractivity contribution in [1.82, 2.24) is 0 Å². The Bertz CT molecular complexity index is 654. The lowest BCUT2D eigenvalue weighted by molar-refractivity contribution is -0.275. The topological polar surface area (TPSA) is 27.7 Å². The molecule has 0 N–H and O–H groups in total. The highest BCUT2D eigenvalue weighted by Gasteiger charge is 2.32. The van der Waals surface area contributed by atoms with E-state index in [2.05, 4.69) is 25.4 Å². The van der Waals surface area contributed by atoms with Crippen LogP contribution >= 0.6 is 15.9 Å².